The fourth-order valence-electron chi connectivity index (χ4n) is 2.68. The number of aromatic nitrogens is 6. The van der Waals surface area contributed by atoms with Crippen LogP contribution in [0.15, 0.2) is 42.6 Å². The smallest absolute Gasteiger partial charge is 0.313 e. The Labute approximate surface area is 171 Å². The van der Waals surface area contributed by atoms with Crippen molar-refractivity contribution in [2.45, 2.75) is 12.7 Å². The average Bonchev–Trinajstić information content (AvgIpc) is 3.36. The van der Waals surface area contributed by atoms with E-state index in [1.165, 1.54) is 7.05 Å². The molecule has 4 aromatic rings. The lowest BCUT2D eigenvalue weighted by Gasteiger charge is -2.01. The van der Waals surface area contributed by atoms with Gasteiger partial charge in [0.15, 0.2) is 16.5 Å². The zero-order chi connectivity index (χ0) is 20.6. The van der Waals surface area contributed by atoms with Gasteiger partial charge in [-0.1, -0.05) is 53.3 Å². The summed E-state index contributed by atoms with van der Waals surface area (Å²) >= 11 is 6.95. The summed E-state index contributed by atoms with van der Waals surface area (Å²) < 4.78 is 41.8. The van der Waals surface area contributed by atoms with Gasteiger partial charge in [-0.3, -0.25) is 9.36 Å². The molecule has 0 aliphatic carbocycles. The fraction of sp³-hybridized carbons (Fsp3) is 0.176. The zero-order valence-corrected chi connectivity index (χ0v) is 16.4. The van der Waals surface area contributed by atoms with Gasteiger partial charge in [-0.05, 0) is 5.56 Å². The van der Waals surface area contributed by atoms with Crippen molar-refractivity contribution in [1.82, 2.24) is 29.8 Å². The highest BCUT2D eigenvalue weighted by molar-refractivity contribution is 7.18. The van der Waals surface area contributed by atoms with Gasteiger partial charge in [0.25, 0.3) is 0 Å². The predicted molar refractivity (Wildman–Crippen MR) is 103 cm³/mol. The number of anilines is 2. The van der Waals surface area contributed by atoms with Crippen LogP contribution in [-0.2, 0) is 19.8 Å². The van der Waals surface area contributed by atoms with Crippen LogP contribution in [0.3, 0.4) is 0 Å². The van der Waals surface area contributed by atoms with E-state index in [1.54, 1.807) is 10.7 Å². The summed E-state index contributed by atoms with van der Waals surface area (Å²) in [5.74, 6) is 0.538. The van der Waals surface area contributed by atoms with Crippen LogP contribution in [0, 0.1) is 0 Å². The molecule has 12 heteroatoms. The van der Waals surface area contributed by atoms with Crippen molar-refractivity contribution in [3.8, 4) is 10.7 Å². The minimum Gasteiger partial charge on any atom is -0.313 e. The first-order valence-electron chi connectivity index (χ1n) is 8.29. The molecule has 0 radical (unpaired) electrons. The number of nitrogens with zero attached hydrogens (tertiary/aromatic N) is 6. The summed E-state index contributed by atoms with van der Waals surface area (Å²) in [6.07, 6.45) is -2.84. The maximum Gasteiger partial charge on any atom is 0.436 e. The Bertz CT molecular complexity index is 1130. The van der Waals surface area contributed by atoms with E-state index < -0.39 is 16.9 Å². The summed E-state index contributed by atoms with van der Waals surface area (Å²) in [7, 11) is 1.37. The van der Waals surface area contributed by atoms with Gasteiger partial charge in [0.1, 0.15) is 10.7 Å². The van der Waals surface area contributed by atoms with Crippen molar-refractivity contribution in [2.24, 2.45) is 7.05 Å². The largest absolute Gasteiger partial charge is 0.436 e. The molecule has 1 aromatic carbocycles. The predicted octanol–water partition coefficient (Wildman–Crippen LogP) is 4.60. The van der Waals surface area contributed by atoms with E-state index in [9.17, 15) is 13.2 Å². The van der Waals surface area contributed by atoms with Crippen LogP contribution in [0.5, 0.6) is 0 Å². The van der Waals surface area contributed by atoms with Crippen molar-refractivity contribution < 1.29 is 13.2 Å². The van der Waals surface area contributed by atoms with Crippen molar-refractivity contribution in [3.05, 3.63) is 58.9 Å². The molecular weight excluding hydrogens is 427 g/mol. The van der Waals surface area contributed by atoms with Gasteiger partial charge in [0, 0.05) is 19.3 Å². The van der Waals surface area contributed by atoms with Gasteiger partial charge in [0.2, 0.25) is 5.13 Å². The highest BCUT2D eigenvalue weighted by Gasteiger charge is 2.39. The second-order valence-electron chi connectivity index (χ2n) is 6.05. The summed E-state index contributed by atoms with van der Waals surface area (Å²) in [6.45, 7) is 0.606. The van der Waals surface area contributed by atoms with Gasteiger partial charge in [-0.2, -0.15) is 23.4 Å². The molecule has 0 atom stereocenters. The van der Waals surface area contributed by atoms with Crippen LogP contribution in [-0.4, -0.2) is 29.8 Å². The van der Waals surface area contributed by atoms with Crippen LogP contribution in [0.1, 0.15) is 11.3 Å². The van der Waals surface area contributed by atoms with Crippen LogP contribution in [0.2, 0.25) is 5.02 Å². The Morgan fingerprint density at radius 3 is 2.55 bits per heavy atom. The number of nitrogens with one attached hydrogen (secondary N) is 1. The highest BCUT2D eigenvalue weighted by Crippen LogP contribution is 2.40. The molecule has 3 heterocycles. The van der Waals surface area contributed by atoms with Gasteiger partial charge in [-0.25, -0.2) is 0 Å². The van der Waals surface area contributed by atoms with Crippen LogP contribution < -0.4 is 5.32 Å². The SMILES string of the molecule is Cn1nc(C(F)(F)F)c(Cl)c1-c1nnc(Nc2ccn(Cc3ccccc3)n2)s1. The van der Waals surface area contributed by atoms with E-state index in [0.717, 1.165) is 21.6 Å². The molecule has 7 nitrogen and oxygen atoms in total. The lowest BCUT2D eigenvalue weighted by molar-refractivity contribution is -0.141. The Hall–Kier alpha value is -2.92. The van der Waals surface area contributed by atoms with Crippen LogP contribution >= 0.6 is 22.9 Å². The van der Waals surface area contributed by atoms with Crippen molar-refractivity contribution in [2.75, 3.05) is 5.32 Å². The summed E-state index contributed by atoms with van der Waals surface area (Å²) in [5.41, 5.74) is 0.00634. The molecule has 0 amide bonds. The number of aryl methyl sites for hydroxylation is 1. The van der Waals surface area contributed by atoms with Crippen LogP contribution in [0.25, 0.3) is 10.7 Å². The third-order valence-corrected chi connectivity index (χ3v) is 5.15. The van der Waals surface area contributed by atoms with E-state index in [-0.39, 0.29) is 10.7 Å². The first kappa shape index (κ1) is 19.4. The van der Waals surface area contributed by atoms with E-state index in [0.29, 0.717) is 17.5 Å². The normalized spacial score (nSPS) is 11.8. The molecule has 0 saturated heterocycles. The van der Waals surface area contributed by atoms with Gasteiger partial charge < -0.3 is 5.32 Å². The Morgan fingerprint density at radius 2 is 1.86 bits per heavy atom. The molecule has 29 heavy (non-hydrogen) atoms. The maximum atomic E-state index is 13.0. The molecule has 150 valence electrons. The van der Waals surface area contributed by atoms with Gasteiger partial charge in [0.05, 0.1) is 6.54 Å². The van der Waals surface area contributed by atoms with Crippen LogP contribution in [0.4, 0.5) is 24.1 Å². The first-order valence-corrected chi connectivity index (χ1v) is 9.48. The number of hydrogen-bond donors (Lipinski definition) is 1. The molecule has 3 aromatic heterocycles. The molecule has 0 fully saturated rings. The highest BCUT2D eigenvalue weighted by atomic mass is 35.5. The fourth-order valence-corrected chi connectivity index (χ4v) is 3.92. The van der Waals surface area contributed by atoms with Gasteiger partial charge >= 0.3 is 6.18 Å². The second kappa shape index (κ2) is 7.48. The van der Waals surface area contributed by atoms with Crippen molar-refractivity contribution in [3.63, 3.8) is 0 Å². The average molecular weight is 440 g/mol. The van der Waals surface area contributed by atoms with E-state index in [2.05, 4.69) is 25.7 Å². The number of alkyl halides is 3. The monoisotopic (exact) mass is 439 g/mol. The minimum absolute atomic E-state index is 0.0548. The number of benzene rings is 1. The van der Waals surface area contributed by atoms with Gasteiger partial charge in [-0.15, -0.1) is 10.2 Å². The molecule has 0 aliphatic rings. The summed E-state index contributed by atoms with van der Waals surface area (Å²) in [6, 6.07) is 11.6. The third-order valence-electron chi connectivity index (χ3n) is 3.95. The standard InChI is InChI=1S/C17H13ClF3N7S/c1-27-13(12(18)14(26-27)17(19,20)21)15-23-24-16(29-15)22-11-7-8-28(25-11)9-10-5-3-2-4-6-10/h2-8H,9H2,1H3,(H,22,24,25). The maximum absolute atomic E-state index is 13.0. The van der Waals surface area contributed by atoms with E-state index in [4.69, 9.17) is 11.6 Å². The Morgan fingerprint density at radius 1 is 1.10 bits per heavy atom. The van der Waals surface area contributed by atoms with E-state index >= 15 is 0 Å². The second-order valence-corrected chi connectivity index (χ2v) is 7.41. The quantitative estimate of drug-likeness (QED) is 0.492. The Balaban J connectivity index is 1.52. The molecule has 0 saturated carbocycles. The topological polar surface area (TPSA) is 73.5 Å². The lowest BCUT2D eigenvalue weighted by Crippen LogP contribution is -2.07. The van der Waals surface area contributed by atoms with E-state index in [1.807, 2.05) is 36.5 Å². The Kier molecular flexibility index (Phi) is 5.01. The molecule has 0 bridgehead atoms. The summed E-state index contributed by atoms with van der Waals surface area (Å²) in [4.78, 5) is 0. The van der Waals surface area contributed by atoms with Crippen molar-refractivity contribution >= 4 is 33.9 Å². The zero-order valence-electron chi connectivity index (χ0n) is 14.9. The summed E-state index contributed by atoms with van der Waals surface area (Å²) in [5, 5.41) is 18.8. The molecule has 0 spiro atoms. The first-order chi connectivity index (χ1) is 13.8. The molecule has 0 unspecified atom stereocenters. The number of rotatable bonds is 5. The number of hydrogen-bond acceptors (Lipinski definition) is 6. The molecule has 0 aliphatic heterocycles. The van der Waals surface area contributed by atoms with Crippen molar-refractivity contribution in [1.29, 1.82) is 0 Å². The third kappa shape index (κ3) is 4.10. The molecule has 1 N–H and O–H groups in total. The molecular formula is C17H13ClF3N7S. The molecule has 4 rings (SSSR count). The minimum atomic E-state index is -4.65. The lowest BCUT2D eigenvalue weighted by atomic mass is 10.2. The number of halogens is 4.